The molecule has 0 atom stereocenters. The summed E-state index contributed by atoms with van der Waals surface area (Å²) in [6, 6.07) is 0. The lowest BCUT2D eigenvalue weighted by atomic mass is 10.0. The number of morpholine rings is 1. The van der Waals surface area contributed by atoms with Crippen LogP contribution in [-0.2, 0) is 11.2 Å². The summed E-state index contributed by atoms with van der Waals surface area (Å²) in [5.41, 5.74) is 5.65. The number of hydrogen-bond donors (Lipinski definition) is 1. The number of nitrogens with two attached hydrogens (primary N) is 1. The van der Waals surface area contributed by atoms with Gasteiger partial charge < -0.3 is 15.4 Å². The summed E-state index contributed by atoms with van der Waals surface area (Å²) in [6.45, 7) is 8.47. The first kappa shape index (κ1) is 13.0. The Morgan fingerprint density at radius 1 is 1.33 bits per heavy atom. The van der Waals surface area contributed by atoms with Gasteiger partial charge in [0.15, 0.2) is 0 Å². The smallest absolute Gasteiger partial charge is 0.231 e. The lowest BCUT2D eigenvalue weighted by molar-refractivity contribution is 0.0633. The minimum atomic E-state index is -0.116. The minimum absolute atomic E-state index is 0.116. The van der Waals surface area contributed by atoms with Crippen LogP contribution >= 0.6 is 0 Å². The number of nitrogen functional groups attached to an aromatic ring is 1. The molecule has 1 saturated heterocycles. The second-order valence-corrected chi connectivity index (χ2v) is 5.18. The maximum Gasteiger partial charge on any atom is 0.231 e. The zero-order valence-electron chi connectivity index (χ0n) is 11.3. The number of anilines is 2. The molecule has 1 aliphatic heterocycles. The van der Waals surface area contributed by atoms with E-state index in [1.807, 2.05) is 0 Å². The van der Waals surface area contributed by atoms with Crippen LogP contribution in [0.15, 0.2) is 0 Å². The van der Waals surface area contributed by atoms with Crippen LogP contribution in [0.3, 0.4) is 0 Å². The van der Waals surface area contributed by atoms with E-state index >= 15 is 0 Å². The zero-order valence-corrected chi connectivity index (χ0v) is 11.3. The molecule has 0 bridgehead atoms. The summed E-state index contributed by atoms with van der Waals surface area (Å²) in [6.07, 6.45) is 1.82. The van der Waals surface area contributed by atoms with Gasteiger partial charge in [0.2, 0.25) is 11.9 Å². The van der Waals surface area contributed by atoms with Crippen molar-refractivity contribution in [3.8, 4) is 0 Å². The average molecular weight is 251 g/mol. The largest absolute Gasteiger partial charge is 0.377 e. The molecule has 100 valence electrons. The van der Waals surface area contributed by atoms with Crippen molar-refractivity contribution in [3.05, 3.63) is 5.82 Å². The highest BCUT2D eigenvalue weighted by Crippen LogP contribution is 2.24. The fraction of sp³-hybridized carbons (Fsp3) is 0.750. The second kappa shape index (κ2) is 5.06. The van der Waals surface area contributed by atoms with Gasteiger partial charge in [-0.05, 0) is 20.3 Å². The Kier molecular flexibility index (Phi) is 3.65. The Bertz CT molecular complexity index is 421. The first-order valence-electron chi connectivity index (χ1n) is 6.39. The molecule has 2 N–H and O–H groups in total. The molecule has 2 rings (SSSR count). The molecule has 2 heterocycles. The monoisotopic (exact) mass is 251 g/mol. The van der Waals surface area contributed by atoms with Crippen molar-refractivity contribution in [1.82, 2.24) is 15.0 Å². The Balaban J connectivity index is 2.31. The number of ether oxygens (including phenoxy) is 1. The SMILES string of the molecule is CCCc1nc(N)nc(N2CCOCC2(C)C)n1. The van der Waals surface area contributed by atoms with Crippen LogP contribution in [0.1, 0.15) is 33.0 Å². The Hall–Kier alpha value is -1.43. The summed E-state index contributed by atoms with van der Waals surface area (Å²) in [7, 11) is 0. The van der Waals surface area contributed by atoms with Crippen molar-refractivity contribution in [2.75, 3.05) is 30.4 Å². The van der Waals surface area contributed by atoms with E-state index < -0.39 is 0 Å². The lowest BCUT2D eigenvalue weighted by Gasteiger charge is -2.42. The summed E-state index contributed by atoms with van der Waals surface area (Å²) in [4.78, 5) is 15.1. The van der Waals surface area contributed by atoms with E-state index in [0.29, 0.717) is 25.1 Å². The van der Waals surface area contributed by atoms with Gasteiger partial charge in [-0.2, -0.15) is 15.0 Å². The molecule has 0 aromatic carbocycles. The standard InChI is InChI=1S/C12H21N5O/c1-4-5-9-14-10(13)16-11(15-9)17-6-7-18-8-12(17,2)3/h4-8H2,1-3H3,(H2,13,14,15,16). The molecule has 1 fully saturated rings. The minimum Gasteiger partial charge on any atom is -0.377 e. The van der Waals surface area contributed by atoms with Crippen LogP contribution in [0, 0.1) is 0 Å². The fourth-order valence-electron chi connectivity index (χ4n) is 2.11. The Morgan fingerprint density at radius 2 is 2.11 bits per heavy atom. The van der Waals surface area contributed by atoms with Gasteiger partial charge in [-0.1, -0.05) is 6.92 Å². The topological polar surface area (TPSA) is 77.2 Å². The van der Waals surface area contributed by atoms with Gasteiger partial charge in [0.25, 0.3) is 0 Å². The summed E-state index contributed by atoms with van der Waals surface area (Å²) >= 11 is 0. The van der Waals surface area contributed by atoms with Crippen molar-refractivity contribution in [1.29, 1.82) is 0 Å². The van der Waals surface area contributed by atoms with E-state index in [4.69, 9.17) is 10.5 Å². The normalized spacial score (nSPS) is 18.9. The van der Waals surface area contributed by atoms with Crippen LogP contribution in [0.5, 0.6) is 0 Å². The Morgan fingerprint density at radius 3 is 2.78 bits per heavy atom. The van der Waals surface area contributed by atoms with Crippen molar-refractivity contribution in [3.63, 3.8) is 0 Å². The van der Waals surface area contributed by atoms with Gasteiger partial charge in [-0.25, -0.2) is 0 Å². The van der Waals surface area contributed by atoms with Gasteiger partial charge in [0, 0.05) is 13.0 Å². The predicted octanol–water partition coefficient (Wildman–Crippen LogP) is 1.02. The molecule has 1 aliphatic rings. The second-order valence-electron chi connectivity index (χ2n) is 5.18. The summed E-state index contributed by atoms with van der Waals surface area (Å²) in [5.74, 6) is 1.73. The van der Waals surface area contributed by atoms with Crippen LogP contribution in [-0.4, -0.2) is 40.2 Å². The molecule has 1 aromatic heterocycles. The maximum absolute atomic E-state index is 5.76. The highest BCUT2D eigenvalue weighted by atomic mass is 16.5. The average Bonchev–Trinajstić information content (AvgIpc) is 2.27. The molecule has 0 aliphatic carbocycles. The quantitative estimate of drug-likeness (QED) is 0.864. The van der Waals surface area contributed by atoms with Gasteiger partial charge in [-0.3, -0.25) is 0 Å². The molecule has 0 saturated carbocycles. The van der Waals surface area contributed by atoms with Crippen molar-refractivity contribution < 1.29 is 4.74 Å². The molecule has 6 heteroatoms. The molecule has 1 aromatic rings. The van der Waals surface area contributed by atoms with Gasteiger partial charge in [0.05, 0.1) is 18.8 Å². The van der Waals surface area contributed by atoms with Gasteiger partial charge >= 0.3 is 0 Å². The van der Waals surface area contributed by atoms with E-state index in [9.17, 15) is 0 Å². The summed E-state index contributed by atoms with van der Waals surface area (Å²) < 4.78 is 5.50. The highest BCUT2D eigenvalue weighted by Gasteiger charge is 2.32. The van der Waals surface area contributed by atoms with Crippen molar-refractivity contribution in [2.24, 2.45) is 0 Å². The highest BCUT2D eigenvalue weighted by molar-refractivity contribution is 5.38. The molecule has 6 nitrogen and oxygen atoms in total. The van der Waals surface area contributed by atoms with Crippen LogP contribution in [0.4, 0.5) is 11.9 Å². The molecule has 0 unspecified atom stereocenters. The lowest BCUT2D eigenvalue weighted by Crippen LogP contribution is -2.54. The summed E-state index contributed by atoms with van der Waals surface area (Å²) in [5, 5.41) is 0. The van der Waals surface area contributed by atoms with Crippen LogP contribution in [0.25, 0.3) is 0 Å². The first-order chi connectivity index (χ1) is 8.53. The van der Waals surface area contributed by atoms with E-state index in [2.05, 4.69) is 40.6 Å². The fourth-order valence-corrected chi connectivity index (χ4v) is 2.11. The molecule has 0 spiro atoms. The molecule has 0 amide bonds. The number of nitrogens with zero attached hydrogens (tertiary/aromatic N) is 4. The molecule has 18 heavy (non-hydrogen) atoms. The third kappa shape index (κ3) is 2.69. The number of aryl methyl sites for hydroxylation is 1. The third-order valence-electron chi connectivity index (χ3n) is 3.05. The maximum atomic E-state index is 5.76. The van der Waals surface area contributed by atoms with Crippen LogP contribution < -0.4 is 10.6 Å². The first-order valence-corrected chi connectivity index (χ1v) is 6.39. The van der Waals surface area contributed by atoms with Crippen molar-refractivity contribution in [2.45, 2.75) is 39.2 Å². The predicted molar refractivity (Wildman–Crippen MR) is 70.5 cm³/mol. The van der Waals surface area contributed by atoms with Gasteiger partial charge in [0.1, 0.15) is 5.82 Å². The van der Waals surface area contributed by atoms with Gasteiger partial charge in [-0.15, -0.1) is 0 Å². The van der Waals surface area contributed by atoms with E-state index in [1.54, 1.807) is 0 Å². The molecular formula is C12H21N5O. The zero-order chi connectivity index (χ0) is 13.2. The molecule has 0 radical (unpaired) electrons. The number of rotatable bonds is 3. The number of hydrogen-bond acceptors (Lipinski definition) is 6. The number of aromatic nitrogens is 3. The molecular weight excluding hydrogens is 230 g/mol. The third-order valence-corrected chi connectivity index (χ3v) is 3.05. The Labute approximate surface area is 108 Å². The van der Waals surface area contributed by atoms with E-state index in [-0.39, 0.29) is 5.54 Å². The van der Waals surface area contributed by atoms with Crippen LogP contribution in [0.2, 0.25) is 0 Å². The van der Waals surface area contributed by atoms with Crippen molar-refractivity contribution >= 4 is 11.9 Å². The van der Waals surface area contributed by atoms with E-state index in [0.717, 1.165) is 25.2 Å². The van der Waals surface area contributed by atoms with E-state index in [1.165, 1.54) is 0 Å².